The molecule has 0 aliphatic heterocycles. The topological polar surface area (TPSA) is 49.3 Å². The van der Waals surface area contributed by atoms with Crippen LogP contribution in [0.5, 0.6) is 0 Å². The highest BCUT2D eigenvalue weighted by Crippen LogP contribution is 2.15. The highest BCUT2D eigenvalue weighted by atomic mass is 19.1. The number of carboxylic acids is 1. The largest absolute Gasteiger partial charge is 0.478 e. The summed E-state index contributed by atoms with van der Waals surface area (Å²) in [5, 5.41) is 11.4. The molecule has 0 radical (unpaired) electrons. The summed E-state index contributed by atoms with van der Waals surface area (Å²) in [6.45, 7) is 0.502. The van der Waals surface area contributed by atoms with E-state index in [0.29, 0.717) is 19.0 Å². The summed E-state index contributed by atoms with van der Waals surface area (Å²) in [5.74, 6) is -3.15. The summed E-state index contributed by atoms with van der Waals surface area (Å²) >= 11 is 0. The number of carbonyl (C=O) groups is 1. The molecular weight excluding hydrogens is 204 g/mol. The normalized spacial score (nSPS) is 10.3. The molecule has 1 aromatic rings. The predicted molar refractivity (Wildman–Crippen MR) is 50.9 cm³/mol. The number of halogens is 2. The molecule has 5 heteroatoms. The molecular formula is C10H11F2NO2. The molecule has 82 valence electrons. The highest BCUT2D eigenvalue weighted by Gasteiger charge is 2.14. The van der Waals surface area contributed by atoms with Gasteiger partial charge in [-0.1, -0.05) is 0 Å². The van der Waals surface area contributed by atoms with E-state index >= 15 is 0 Å². The van der Waals surface area contributed by atoms with Crippen LogP contribution in [0.3, 0.4) is 0 Å². The molecule has 0 unspecified atom stereocenters. The van der Waals surface area contributed by atoms with Crippen molar-refractivity contribution in [3.63, 3.8) is 0 Å². The molecule has 0 spiro atoms. The van der Waals surface area contributed by atoms with E-state index in [-0.39, 0.29) is 5.56 Å². The first-order valence-corrected chi connectivity index (χ1v) is 4.42. The third kappa shape index (κ3) is 2.73. The number of carboxylic acid groups (broad SMARTS) is 1. The van der Waals surface area contributed by atoms with Crippen LogP contribution in [0.4, 0.5) is 8.78 Å². The fraction of sp³-hybridized carbons (Fsp3) is 0.300. The Morgan fingerprint density at radius 1 is 1.40 bits per heavy atom. The minimum absolute atomic E-state index is 0.197. The van der Waals surface area contributed by atoms with Crippen LogP contribution in [0.1, 0.15) is 15.9 Å². The molecule has 1 rings (SSSR count). The minimum Gasteiger partial charge on any atom is -0.478 e. The van der Waals surface area contributed by atoms with Crippen molar-refractivity contribution in [1.29, 1.82) is 0 Å². The number of benzene rings is 1. The molecule has 0 amide bonds. The van der Waals surface area contributed by atoms with Gasteiger partial charge in [-0.3, -0.25) is 0 Å². The first-order chi connectivity index (χ1) is 7.06. The molecule has 0 atom stereocenters. The maximum Gasteiger partial charge on any atom is 0.338 e. The van der Waals surface area contributed by atoms with Gasteiger partial charge in [0.2, 0.25) is 0 Å². The molecule has 0 aliphatic rings. The quantitative estimate of drug-likeness (QED) is 0.798. The van der Waals surface area contributed by atoms with Crippen molar-refractivity contribution < 1.29 is 18.7 Å². The van der Waals surface area contributed by atoms with E-state index in [1.807, 2.05) is 0 Å². The van der Waals surface area contributed by atoms with Crippen LogP contribution in [-0.4, -0.2) is 24.7 Å². The zero-order chi connectivity index (χ0) is 11.4. The van der Waals surface area contributed by atoms with Gasteiger partial charge in [-0.25, -0.2) is 13.6 Å². The Labute approximate surface area is 85.7 Å². The van der Waals surface area contributed by atoms with Crippen LogP contribution in [0.15, 0.2) is 12.1 Å². The zero-order valence-corrected chi connectivity index (χ0v) is 8.18. The molecule has 15 heavy (non-hydrogen) atoms. The molecule has 3 nitrogen and oxygen atoms in total. The van der Waals surface area contributed by atoms with Crippen LogP contribution in [0, 0.1) is 11.6 Å². The molecule has 2 N–H and O–H groups in total. The van der Waals surface area contributed by atoms with Crippen LogP contribution < -0.4 is 5.32 Å². The molecule has 0 aliphatic carbocycles. The van der Waals surface area contributed by atoms with Crippen molar-refractivity contribution >= 4 is 5.97 Å². The summed E-state index contributed by atoms with van der Waals surface area (Å²) in [6.07, 6.45) is 0.322. The van der Waals surface area contributed by atoms with E-state index in [0.717, 1.165) is 6.07 Å². The van der Waals surface area contributed by atoms with Gasteiger partial charge in [-0.2, -0.15) is 0 Å². The van der Waals surface area contributed by atoms with Crippen molar-refractivity contribution in [3.8, 4) is 0 Å². The van der Waals surface area contributed by atoms with Crippen molar-refractivity contribution in [2.45, 2.75) is 6.42 Å². The third-order valence-corrected chi connectivity index (χ3v) is 2.01. The lowest BCUT2D eigenvalue weighted by atomic mass is 10.1. The van der Waals surface area contributed by atoms with Crippen LogP contribution in [-0.2, 0) is 6.42 Å². The van der Waals surface area contributed by atoms with Crippen LogP contribution >= 0.6 is 0 Å². The second kappa shape index (κ2) is 4.84. The molecule has 1 aromatic carbocycles. The molecule has 0 saturated carbocycles. The van der Waals surface area contributed by atoms with Crippen molar-refractivity contribution in [2.24, 2.45) is 0 Å². The van der Waals surface area contributed by atoms with E-state index in [9.17, 15) is 13.6 Å². The zero-order valence-electron chi connectivity index (χ0n) is 8.18. The Morgan fingerprint density at radius 3 is 2.60 bits per heavy atom. The van der Waals surface area contributed by atoms with Crippen molar-refractivity contribution in [1.82, 2.24) is 5.32 Å². The fourth-order valence-electron chi connectivity index (χ4n) is 1.21. The summed E-state index contributed by atoms with van der Waals surface area (Å²) in [5.41, 5.74) is -0.300. The average Bonchev–Trinajstić information content (AvgIpc) is 2.16. The SMILES string of the molecule is CNCCc1cc(C(=O)O)c(F)cc1F. The van der Waals surface area contributed by atoms with E-state index in [1.54, 1.807) is 7.05 Å². The first-order valence-electron chi connectivity index (χ1n) is 4.42. The van der Waals surface area contributed by atoms with Crippen LogP contribution in [0.2, 0.25) is 0 Å². The van der Waals surface area contributed by atoms with E-state index in [1.165, 1.54) is 0 Å². The Balaban J connectivity index is 3.06. The van der Waals surface area contributed by atoms with Gasteiger partial charge in [0.25, 0.3) is 0 Å². The number of rotatable bonds is 4. The van der Waals surface area contributed by atoms with Gasteiger partial charge in [0.05, 0.1) is 5.56 Å². The van der Waals surface area contributed by atoms with Crippen molar-refractivity contribution in [2.75, 3.05) is 13.6 Å². The van der Waals surface area contributed by atoms with Crippen molar-refractivity contribution in [3.05, 3.63) is 34.9 Å². The van der Waals surface area contributed by atoms with Gasteiger partial charge < -0.3 is 10.4 Å². The maximum atomic E-state index is 13.2. The standard InChI is InChI=1S/C10H11F2NO2/c1-13-3-2-6-4-7(10(14)15)9(12)5-8(6)11/h4-5,13H,2-3H2,1H3,(H,14,15). The van der Waals surface area contributed by atoms with Gasteiger partial charge in [0, 0.05) is 6.07 Å². The Hall–Kier alpha value is -1.49. The third-order valence-electron chi connectivity index (χ3n) is 2.01. The monoisotopic (exact) mass is 215 g/mol. The fourth-order valence-corrected chi connectivity index (χ4v) is 1.21. The minimum atomic E-state index is -1.39. The average molecular weight is 215 g/mol. The molecule has 0 bridgehead atoms. The summed E-state index contributed by atoms with van der Waals surface area (Å²) in [6, 6.07) is 1.64. The lowest BCUT2D eigenvalue weighted by molar-refractivity contribution is 0.0691. The Morgan fingerprint density at radius 2 is 2.07 bits per heavy atom. The second-order valence-corrected chi connectivity index (χ2v) is 3.08. The smallest absolute Gasteiger partial charge is 0.338 e. The molecule has 0 saturated heterocycles. The molecule has 0 heterocycles. The highest BCUT2D eigenvalue weighted by molar-refractivity contribution is 5.88. The van der Waals surface area contributed by atoms with Gasteiger partial charge in [-0.05, 0) is 31.6 Å². The lowest BCUT2D eigenvalue weighted by Gasteiger charge is -2.05. The van der Waals surface area contributed by atoms with Gasteiger partial charge in [0.1, 0.15) is 11.6 Å². The molecule has 0 fully saturated rings. The predicted octanol–water partition coefficient (Wildman–Crippen LogP) is 1.42. The number of likely N-dealkylation sites (N-methyl/N-ethyl adjacent to an activating group) is 1. The number of nitrogens with one attached hydrogen (secondary N) is 1. The molecule has 0 aromatic heterocycles. The number of hydrogen-bond acceptors (Lipinski definition) is 2. The summed E-state index contributed by atoms with van der Waals surface area (Å²) in [7, 11) is 1.69. The van der Waals surface area contributed by atoms with Crippen LogP contribution in [0.25, 0.3) is 0 Å². The van der Waals surface area contributed by atoms with E-state index in [2.05, 4.69) is 5.32 Å². The number of hydrogen-bond donors (Lipinski definition) is 2. The second-order valence-electron chi connectivity index (χ2n) is 3.08. The number of aromatic carboxylic acids is 1. The Bertz CT molecular complexity index is 380. The first kappa shape index (κ1) is 11.6. The van der Waals surface area contributed by atoms with Gasteiger partial charge in [0.15, 0.2) is 0 Å². The van der Waals surface area contributed by atoms with E-state index < -0.39 is 23.2 Å². The van der Waals surface area contributed by atoms with Gasteiger partial charge in [-0.15, -0.1) is 0 Å². The maximum absolute atomic E-state index is 13.2. The van der Waals surface area contributed by atoms with E-state index in [4.69, 9.17) is 5.11 Å². The Kier molecular flexibility index (Phi) is 3.74. The lowest BCUT2D eigenvalue weighted by Crippen LogP contribution is -2.12. The summed E-state index contributed by atoms with van der Waals surface area (Å²) in [4.78, 5) is 10.6. The summed E-state index contributed by atoms with van der Waals surface area (Å²) < 4.78 is 26.1. The van der Waals surface area contributed by atoms with Gasteiger partial charge >= 0.3 is 5.97 Å².